The number of aliphatic hydroxyl groups excluding tert-OH is 1. The van der Waals surface area contributed by atoms with Gasteiger partial charge in [-0.25, -0.2) is 0 Å². The van der Waals surface area contributed by atoms with Gasteiger partial charge in [0.05, 0.1) is 19.3 Å². The summed E-state index contributed by atoms with van der Waals surface area (Å²) in [7, 11) is 1.60. The molecular formula is C11H22N2O3. The third-order valence-electron chi connectivity index (χ3n) is 2.88. The Hall–Kier alpha value is -0.650. The van der Waals surface area contributed by atoms with Gasteiger partial charge in [-0.15, -0.1) is 0 Å². The minimum absolute atomic E-state index is 0.0465. The molecule has 1 amide bonds. The van der Waals surface area contributed by atoms with Gasteiger partial charge in [0.2, 0.25) is 5.91 Å². The molecule has 3 N–H and O–H groups in total. The van der Waals surface area contributed by atoms with Crippen molar-refractivity contribution in [1.29, 1.82) is 0 Å². The molecule has 0 heterocycles. The van der Waals surface area contributed by atoms with Crippen LogP contribution in [0.4, 0.5) is 0 Å². The first kappa shape index (κ1) is 13.4. The predicted molar refractivity (Wildman–Crippen MR) is 61.2 cm³/mol. The molecule has 2 unspecified atom stereocenters. The third kappa shape index (κ3) is 4.92. The van der Waals surface area contributed by atoms with Crippen LogP contribution in [0.1, 0.15) is 25.7 Å². The number of rotatable bonds is 6. The molecule has 1 fully saturated rings. The number of methoxy groups -OCH3 is 1. The van der Waals surface area contributed by atoms with Gasteiger partial charge in [0.25, 0.3) is 0 Å². The third-order valence-corrected chi connectivity index (χ3v) is 2.88. The summed E-state index contributed by atoms with van der Waals surface area (Å²) in [4.78, 5) is 11.4. The Kier molecular flexibility index (Phi) is 6.37. The lowest BCUT2D eigenvalue weighted by atomic mass is 9.93. The normalized spacial score (nSPS) is 25.4. The zero-order chi connectivity index (χ0) is 11.8. The molecule has 2 atom stereocenters. The van der Waals surface area contributed by atoms with Crippen molar-refractivity contribution >= 4 is 5.91 Å². The minimum Gasteiger partial charge on any atom is -0.392 e. The molecule has 0 aromatic carbocycles. The van der Waals surface area contributed by atoms with Gasteiger partial charge in [0.15, 0.2) is 0 Å². The zero-order valence-electron chi connectivity index (χ0n) is 9.87. The number of hydrogen-bond donors (Lipinski definition) is 3. The molecule has 1 rings (SSSR count). The fourth-order valence-corrected chi connectivity index (χ4v) is 1.93. The van der Waals surface area contributed by atoms with Crippen molar-refractivity contribution in [3.05, 3.63) is 0 Å². The summed E-state index contributed by atoms with van der Waals surface area (Å²) in [6.45, 7) is 1.33. The van der Waals surface area contributed by atoms with E-state index in [9.17, 15) is 9.90 Å². The van der Waals surface area contributed by atoms with Crippen molar-refractivity contribution in [3.63, 3.8) is 0 Å². The second kappa shape index (κ2) is 7.60. The van der Waals surface area contributed by atoms with E-state index < -0.39 is 0 Å². The van der Waals surface area contributed by atoms with Crippen LogP contribution in [-0.2, 0) is 9.53 Å². The Labute approximate surface area is 96.6 Å². The lowest BCUT2D eigenvalue weighted by molar-refractivity contribution is -0.120. The van der Waals surface area contributed by atoms with E-state index in [1.165, 1.54) is 0 Å². The molecule has 16 heavy (non-hydrogen) atoms. The lowest BCUT2D eigenvalue weighted by Gasteiger charge is -2.28. The summed E-state index contributed by atoms with van der Waals surface area (Å²) < 4.78 is 4.83. The minimum atomic E-state index is -0.305. The standard InChI is InChI=1S/C11H22N2O3/c1-16-7-6-12-11(15)8-13-9-4-2-3-5-10(9)14/h9-10,13-14H,2-8H2,1H3,(H,12,15). The highest BCUT2D eigenvalue weighted by molar-refractivity contribution is 5.77. The molecule has 94 valence electrons. The van der Waals surface area contributed by atoms with Gasteiger partial charge in [0, 0.05) is 19.7 Å². The smallest absolute Gasteiger partial charge is 0.234 e. The average Bonchev–Trinajstić information content (AvgIpc) is 2.28. The van der Waals surface area contributed by atoms with Crippen molar-refractivity contribution in [3.8, 4) is 0 Å². The Morgan fingerprint density at radius 1 is 1.44 bits per heavy atom. The average molecular weight is 230 g/mol. The maximum atomic E-state index is 11.4. The Bertz CT molecular complexity index is 211. The zero-order valence-corrected chi connectivity index (χ0v) is 9.87. The van der Waals surface area contributed by atoms with Crippen LogP contribution in [0.3, 0.4) is 0 Å². The summed E-state index contributed by atoms with van der Waals surface area (Å²) >= 11 is 0. The topological polar surface area (TPSA) is 70.6 Å². The summed E-state index contributed by atoms with van der Waals surface area (Å²) in [6, 6.07) is 0.0712. The SMILES string of the molecule is COCCNC(=O)CNC1CCCCC1O. The second-order valence-electron chi connectivity index (χ2n) is 4.18. The van der Waals surface area contributed by atoms with Crippen molar-refractivity contribution in [2.75, 3.05) is 26.8 Å². The fraction of sp³-hybridized carbons (Fsp3) is 0.909. The van der Waals surface area contributed by atoms with Crippen LogP contribution >= 0.6 is 0 Å². The summed E-state index contributed by atoms with van der Waals surface area (Å²) in [5, 5.41) is 15.5. The van der Waals surface area contributed by atoms with Crippen molar-refractivity contribution in [2.24, 2.45) is 0 Å². The van der Waals surface area contributed by atoms with E-state index in [2.05, 4.69) is 10.6 Å². The van der Waals surface area contributed by atoms with Gasteiger partial charge in [0.1, 0.15) is 0 Å². The molecule has 0 aromatic rings. The van der Waals surface area contributed by atoms with E-state index in [-0.39, 0.29) is 24.6 Å². The lowest BCUT2D eigenvalue weighted by Crippen LogP contribution is -2.46. The number of aliphatic hydroxyl groups is 1. The van der Waals surface area contributed by atoms with Gasteiger partial charge in [-0.2, -0.15) is 0 Å². The van der Waals surface area contributed by atoms with Gasteiger partial charge in [-0.05, 0) is 12.8 Å². The van der Waals surface area contributed by atoms with Crippen LogP contribution in [0.5, 0.6) is 0 Å². The van der Waals surface area contributed by atoms with Crippen LogP contribution in [0.2, 0.25) is 0 Å². The molecule has 5 heteroatoms. The largest absolute Gasteiger partial charge is 0.392 e. The quantitative estimate of drug-likeness (QED) is 0.545. The number of amides is 1. The molecule has 0 spiro atoms. The predicted octanol–water partition coefficient (Wildman–Crippen LogP) is -0.358. The molecule has 5 nitrogen and oxygen atoms in total. The number of nitrogens with one attached hydrogen (secondary N) is 2. The highest BCUT2D eigenvalue weighted by Crippen LogP contribution is 2.17. The van der Waals surface area contributed by atoms with Gasteiger partial charge in [-0.1, -0.05) is 12.8 Å². The summed E-state index contributed by atoms with van der Waals surface area (Å²) in [5.74, 6) is -0.0465. The molecule has 1 aliphatic rings. The highest BCUT2D eigenvalue weighted by Gasteiger charge is 2.22. The Morgan fingerprint density at radius 2 is 2.19 bits per heavy atom. The fourth-order valence-electron chi connectivity index (χ4n) is 1.93. The van der Waals surface area contributed by atoms with Gasteiger partial charge in [-0.3, -0.25) is 4.79 Å². The monoisotopic (exact) mass is 230 g/mol. The van der Waals surface area contributed by atoms with Crippen molar-refractivity contribution in [2.45, 2.75) is 37.8 Å². The first-order chi connectivity index (χ1) is 7.74. The molecule has 0 aliphatic heterocycles. The number of ether oxygens (including phenoxy) is 1. The number of hydrogen-bond acceptors (Lipinski definition) is 4. The van der Waals surface area contributed by atoms with Crippen molar-refractivity contribution < 1.29 is 14.6 Å². The Balaban J connectivity index is 2.10. The van der Waals surface area contributed by atoms with Crippen LogP contribution in [-0.4, -0.2) is 50.0 Å². The van der Waals surface area contributed by atoms with Gasteiger partial charge >= 0.3 is 0 Å². The van der Waals surface area contributed by atoms with Crippen LogP contribution < -0.4 is 10.6 Å². The van der Waals surface area contributed by atoms with E-state index in [1.54, 1.807) is 7.11 Å². The number of carbonyl (C=O) groups excluding carboxylic acids is 1. The van der Waals surface area contributed by atoms with Gasteiger partial charge < -0.3 is 20.5 Å². The first-order valence-electron chi connectivity index (χ1n) is 5.91. The highest BCUT2D eigenvalue weighted by atomic mass is 16.5. The van der Waals surface area contributed by atoms with Crippen molar-refractivity contribution in [1.82, 2.24) is 10.6 Å². The molecule has 1 saturated carbocycles. The van der Waals surface area contributed by atoms with E-state index in [0.717, 1.165) is 25.7 Å². The van der Waals surface area contributed by atoms with Crippen LogP contribution in [0.15, 0.2) is 0 Å². The van der Waals surface area contributed by atoms with Crippen LogP contribution in [0, 0.1) is 0 Å². The summed E-state index contributed by atoms with van der Waals surface area (Å²) in [6.07, 6.45) is 3.69. The summed E-state index contributed by atoms with van der Waals surface area (Å²) in [5.41, 5.74) is 0. The van der Waals surface area contributed by atoms with E-state index in [4.69, 9.17) is 4.74 Å². The maximum Gasteiger partial charge on any atom is 0.234 e. The van der Waals surface area contributed by atoms with E-state index in [0.29, 0.717) is 13.2 Å². The molecule has 0 saturated heterocycles. The first-order valence-corrected chi connectivity index (χ1v) is 5.91. The van der Waals surface area contributed by atoms with E-state index in [1.807, 2.05) is 0 Å². The Morgan fingerprint density at radius 3 is 2.88 bits per heavy atom. The van der Waals surface area contributed by atoms with E-state index >= 15 is 0 Å². The number of carbonyl (C=O) groups is 1. The molecule has 0 radical (unpaired) electrons. The molecule has 1 aliphatic carbocycles. The molecule has 0 aromatic heterocycles. The maximum absolute atomic E-state index is 11.4. The van der Waals surface area contributed by atoms with Crippen LogP contribution in [0.25, 0.3) is 0 Å². The molecular weight excluding hydrogens is 208 g/mol. The second-order valence-corrected chi connectivity index (χ2v) is 4.18. The molecule has 0 bridgehead atoms.